The minimum Gasteiger partial charge on any atom is -0.449 e. The molecule has 4 aromatic rings. The number of aromatic amines is 2. The lowest BCUT2D eigenvalue weighted by Crippen LogP contribution is -2.30. The van der Waals surface area contributed by atoms with E-state index in [0.29, 0.717) is 27.6 Å². The lowest BCUT2D eigenvalue weighted by molar-refractivity contribution is -0.123. The zero-order valence-electron chi connectivity index (χ0n) is 15.2. The van der Waals surface area contributed by atoms with Crippen LogP contribution in [0.15, 0.2) is 53.3 Å². The number of benzene rings is 2. The number of carbonyl (C=O) groups excluding carboxylic acids is 2. The molecule has 0 unspecified atom stereocenters. The molecule has 0 spiro atoms. The van der Waals surface area contributed by atoms with Gasteiger partial charge in [-0.25, -0.2) is 14.6 Å². The fourth-order valence-corrected chi connectivity index (χ4v) is 3.14. The van der Waals surface area contributed by atoms with Crippen molar-refractivity contribution in [3.05, 3.63) is 69.7 Å². The highest BCUT2D eigenvalue weighted by molar-refractivity contribution is 6.30. The Hall–Kier alpha value is -3.65. The van der Waals surface area contributed by atoms with E-state index < -0.39 is 18.0 Å². The largest absolute Gasteiger partial charge is 0.449 e. The Labute approximate surface area is 168 Å². The predicted octanol–water partition coefficient (Wildman–Crippen LogP) is 3.24. The van der Waals surface area contributed by atoms with Crippen LogP contribution in [0.4, 0.5) is 5.69 Å². The summed E-state index contributed by atoms with van der Waals surface area (Å²) < 4.78 is 5.32. The maximum absolute atomic E-state index is 12.6. The van der Waals surface area contributed by atoms with Gasteiger partial charge in [0, 0.05) is 11.1 Å². The number of esters is 1. The van der Waals surface area contributed by atoms with Gasteiger partial charge < -0.3 is 20.0 Å². The lowest BCUT2D eigenvalue weighted by Gasteiger charge is -2.14. The molecule has 0 saturated heterocycles. The van der Waals surface area contributed by atoms with Crippen molar-refractivity contribution < 1.29 is 14.3 Å². The van der Waals surface area contributed by atoms with Crippen LogP contribution in [0.1, 0.15) is 17.3 Å². The summed E-state index contributed by atoms with van der Waals surface area (Å²) >= 11 is 6.00. The van der Waals surface area contributed by atoms with Gasteiger partial charge in [0.1, 0.15) is 5.15 Å². The standard InChI is InChI=1S/C20H15ClN4O4/c1-10(18(26)22-11-6-7-15-16(8-11)25-20(28)24-15)29-19(27)13-9-17(21)23-14-5-3-2-4-12(13)14/h2-10H,1H3,(H,22,26)(H2,24,25,28)/t10-/m0/s1. The van der Waals surface area contributed by atoms with E-state index in [0.717, 1.165) is 0 Å². The topological polar surface area (TPSA) is 117 Å². The number of aromatic nitrogens is 3. The number of ether oxygens (including phenoxy) is 1. The Balaban J connectivity index is 1.51. The first-order chi connectivity index (χ1) is 13.9. The third-order valence-corrected chi connectivity index (χ3v) is 4.54. The van der Waals surface area contributed by atoms with Crippen LogP contribution in [0.3, 0.4) is 0 Å². The van der Waals surface area contributed by atoms with E-state index >= 15 is 0 Å². The Kier molecular flexibility index (Phi) is 4.77. The van der Waals surface area contributed by atoms with Gasteiger partial charge in [0.05, 0.1) is 22.1 Å². The number of hydrogen-bond acceptors (Lipinski definition) is 5. The summed E-state index contributed by atoms with van der Waals surface area (Å²) in [4.78, 5) is 45.8. The minimum absolute atomic E-state index is 0.154. The predicted molar refractivity (Wildman–Crippen MR) is 109 cm³/mol. The first-order valence-corrected chi connectivity index (χ1v) is 9.08. The van der Waals surface area contributed by atoms with Crippen molar-refractivity contribution >= 4 is 51.1 Å². The maximum Gasteiger partial charge on any atom is 0.339 e. The van der Waals surface area contributed by atoms with E-state index in [1.165, 1.54) is 13.0 Å². The molecule has 2 heterocycles. The molecule has 0 saturated carbocycles. The molecule has 2 aromatic heterocycles. The second-order valence-electron chi connectivity index (χ2n) is 6.39. The number of rotatable bonds is 4. The SMILES string of the molecule is C[C@H](OC(=O)c1cc(Cl)nc2ccccc12)C(=O)Nc1ccc2[nH]c(=O)[nH]c2c1. The number of anilines is 1. The molecule has 0 bridgehead atoms. The molecule has 0 radical (unpaired) electrons. The molecule has 0 aliphatic heterocycles. The van der Waals surface area contributed by atoms with Crippen LogP contribution >= 0.6 is 11.6 Å². The second-order valence-corrected chi connectivity index (χ2v) is 6.77. The molecule has 1 amide bonds. The number of halogens is 1. The van der Waals surface area contributed by atoms with Crippen LogP contribution < -0.4 is 11.0 Å². The highest BCUT2D eigenvalue weighted by Crippen LogP contribution is 2.22. The summed E-state index contributed by atoms with van der Waals surface area (Å²) in [7, 11) is 0. The van der Waals surface area contributed by atoms with Crippen LogP contribution in [0.2, 0.25) is 5.15 Å². The summed E-state index contributed by atoms with van der Waals surface area (Å²) in [5.74, 6) is -1.20. The Morgan fingerprint density at radius 3 is 2.69 bits per heavy atom. The van der Waals surface area contributed by atoms with Crippen molar-refractivity contribution in [2.75, 3.05) is 5.32 Å². The molecule has 9 heteroatoms. The number of H-pyrrole nitrogens is 2. The first-order valence-electron chi connectivity index (χ1n) is 8.70. The van der Waals surface area contributed by atoms with Gasteiger partial charge >= 0.3 is 11.7 Å². The van der Waals surface area contributed by atoms with Crippen molar-refractivity contribution in [2.24, 2.45) is 0 Å². The lowest BCUT2D eigenvalue weighted by atomic mass is 10.1. The molecule has 8 nitrogen and oxygen atoms in total. The number of pyridine rings is 1. The molecule has 0 aliphatic rings. The third kappa shape index (κ3) is 3.83. The Bertz CT molecular complexity index is 1310. The van der Waals surface area contributed by atoms with Gasteiger partial charge in [-0.3, -0.25) is 4.79 Å². The van der Waals surface area contributed by atoms with E-state index in [1.54, 1.807) is 42.5 Å². The molecule has 2 aromatic carbocycles. The fourth-order valence-electron chi connectivity index (χ4n) is 2.94. The number of hydrogen-bond donors (Lipinski definition) is 3. The number of carbonyl (C=O) groups is 2. The molecule has 1 atom stereocenters. The van der Waals surface area contributed by atoms with Crippen LogP contribution in [-0.4, -0.2) is 32.9 Å². The van der Waals surface area contributed by atoms with Gasteiger partial charge in [-0.2, -0.15) is 0 Å². The van der Waals surface area contributed by atoms with Gasteiger partial charge in [0.2, 0.25) is 0 Å². The highest BCUT2D eigenvalue weighted by Gasteiger charge is 2.21. The maximum atomic E-state index is 12.6. The zero-order chi connectivity index (χ0) is 20.5. The minimum atomic E-state index is -1.06. The van der Waals surface area contributed by atoms with Crippen LogP contribution in [0.25, 0.3) is 21.9 Å². The van der Waals surface area contributed by atoms with Gasteiger partial charge in [-0.15, -0.1) is 0 Å². The summed E-state index contributed by atoms with van der Waals surface area (Å²) in [6, 6.07) is 13.3. The van der Waals surface area contributed by atoms with E-state index in [-0.39, 0.29) is 16.4 Å². The number of amides is 1. The summed E-state index contributed by atoms with van der Waals surface area (Å²) in [5, 5.41) is 3.39. The fraction of sp³-hybridized carbons (Fsp3) is 0.100. The van der Waals surface area contributed by atoms with Crippen molar-refractivity contribution in [1.82, 2.24) is 15.0 Å². The number of imidazole rings is 1. The Morgan fingerprint density at radius 1 is 1.10 bits per heavy atom. The highest BCUT2D eigenvalue weighted by atomic mass is 35.5. The van der Waals surface area contributed by atoms with Crippen molar-refractivity contribution in [1.29, 1.82) is 0 Å². The zero-order valence-corrected chi connectivity index (χ0v) is 15.9. The van der Waals surface area contributed by atoms with Crippen molar-refractivity contribution in [3.63, 3.8) is 0 Å². The molecule has 3 N–H and O–H groups in total. The molecule has 29 heavy (non-hydrogen) atoms. The van der Waals surface area contributed by atoms with Crippen molar-refractivity contribution in [2.45, 2.75) is 13.0 Å². The molecular weight excluding hydrogens is 396 g/mol. The molecule has 0 aliphatic carbocycles. The average Bonchev–Trinajstić information content (AvgIpc) is 3.06. The van der Waals surface area contributed by atoms with E-state index in [1.807, 2.05) is 0 Å². The van der Waals surface area contributed by atoms with Crippen LogP contribution in [0, 0.1) is 0 Å². The van der Waals surface area contributed by atoms with E-state index in [9.17, 15) is 14.4 Å². The van der Waals surface area contributed by atoms with Gasteiger partial charge in [-0.05, 0) is 37.3 Å². The Morgan fingerprint density at radius 2 is 1.86 bits per heavy atom. The summed E-state index contributed by atoms with van der Waals surface area (Å²) in [6.07, 6.45) is -1.06. The number of fused-ring (bicyclic) bond motifs is 2. The van der Waals surface area contributed by atoms with E-state index in [4.69, 9.17) is 16.3 Å². The third-order valence-electron chi connectivity index (χ3n) is 4.34. The smallest absolute Gasteiger partial charge is 0.339 e. The number of nitrogens with one attached hydrogen (secondary N) is 3. The van der Waals surface area contributed by atoms with Crippen LogP contribution in [-0.2, 0) is 9.53 Å². The monoisotopic (exact) mass is 410 g/mol. The van der Waals surface area contributed by atoms with E-state index in [2.05, 4.69) is 20.3 Å². The van der Waals surface area contributed by atoms with Crippen molar-refractivity contribution in [3.8, 4) is 0 Å². The number of para-hydroxylation sites is 1. The average molecular weight is 411 g/mol. The molecular formula is C20H15ClN4O4. The first kappa shape index (κ1) is 18.7. The summed E-state index contributed by atoms with van der Waals surface area (Å²) in [5.41, 5.74) is 2.07. The normalized spacial score (nSPS) is 12.1. The molecule has 146 valence electrons. The molecule has 4 rings (SSSR count). The molecule has 0 fully saturated rings. The second kappa shape index (κ2) is 7.40. The van der Waals surface area contributed by atoms with Crippen LogP contribution in [0.5, 0.6) is 0 Å². The quantitative estimate of drug-likeness (QED) is 0.352. The number of nitrogens with zero attached hydrogens (tertiary/aromatic N) is 1. The van der Waals surface area contributed by atoms with Gasteiger partial charge in [0.15, 0.2) is 6.10 Å². The van der Waals surface area contributed by atoms with Gasteiger partial charge in [-0.1, -0.05) is 29.8 Å². The summed E-state index contributed by atoms with van der Waals surface area (Å²) in [6.45, 7) is 1.47. The van der Waals surface area contributed by atoms with Gasteiger partial charge in [0.25, 0.3) is 5.91 Å².